The lowest BCUT2D eigenvalue weighted by Gasteiger charge is -2.49. The molecule has 2 aromatic carbocycles. The van der Waals surface area contributed by atoms with Crippen LogP contribution in [0.3, 0.4) is 0 Å². The summed E-state index contributed by atoms with van der Waals surface area (Å²) < 4.78 is 20.0. The number of rotatable bonds is 4. The molecule has 1 saturated carbocycles. The van der Waals surface area contributed by atoms with Crippen LogP contribution in [0.4, 0.5) is 10.1 Å². The summed E-state index contributed by atoms with van der Waals surface area (Å²) in [5, 5.41) is 11.1. The van der Waals surface area contributed by atoms with Crippen molar-refractivity contribution in [2.24, 2.45) is 29.1 Å². The van der Waals surface area contributed by atoms with Gasteiger partial charge in [-0.25, -0.2) is 9.29 Å². The summed E-state index contributed by atoms with van der Waals surface area (Å²) in [6.45, 7) is 3.69. The molecule has 2 aliphatic carbocycles. The lowest BCUT2D eigenvalue weighted by Crippen LogP contribution is -2.48. The number of allylic oxidation sites excluding steroid dienone is 2. The summed E-state index contributed by atoms with van der Waals surface area (Å²) >= 11 is 9.50. The van der Waals surface area contributed by atoms with Crippen LogP contribution in [0.5, 0.6) is 11.5 Å². The van der Waals surface area contributed by atoms with Crippen LogP contribution in [0.1, 0.15) is 38.2 Å². The molecular weight excluding hydrogens is 619 g/mol. The van der Waals surface area contributed by atoms with Gasteiger partial charge in [-0.1, -0.05) is 39.2 Å². The fourth-order valence-corrected chi connectivity index (χ4v) is 8.21. The highest BCUT2D eigenvalue weighted by Gasteiger charge is 2.68. The zero-order valence-electron chi connectivity index (χ0n) is 22.5. The van der Waals surface area contributed by atoms with E-state index < -0.39 is 52.6 Å². The largest absolute Gasteiger partial charge is 0.504 e. The first-order chi connectivity index (χ1) is 19.4. The van der Waals surface area contributed by atoms with Gasteiger partial charge in [-0.05, 0) is 62.9 Å². The predicted molar refractivity (Wildman–Crippen MR) is 151 cm³/mol. The quantitative estimate of drug-likeness (QED) is 0.362. The van der Waals surface area contributed by atoms with Crippen molar-refractivity contribution in [2.75, 3.05) is 18.6 Å². The highest BCUT2D eigenvalue weighted by molar-refractivity contribution is 9.10. The van der Waals surface area contributed by atoms with Gasteiger partial charge in [-0.15, -0.1) is 0 Å². The number of halogens is 3. The molecule has 2 aliphatic heterocycles. The average molecular weight is 646 g/mol. The van der Waals surface area contributed by atoms with E-state index in [1.807, 2.05) is 6.08 Å². The van der Waals surface area contributed by atoms with Crippen molar-refractivity contribution in [1.29, 1.82) is 0 Å². The Balaban J connectivity index is 1.57. The number of carbonyl (C=O) groups excluding carboxylic acids is 4. The van der Waals surface area contributed by atoms with Crippen molar-refractivity contribution in [2.45, 2.75) is 32.6 Å². The van der Waals surface area contributed by atoms with Gasteiger partial charge in [0.1, 0.15) is 5.82 Å². The SMILES string of the molecule is CCN1C(=O)C2CC=C3C(CC4C(=O)N(c5ccc(F)c(Cl)c5)C(=O)C4(C)C3c3cc(Br)cc(OC)c3O)C2C1=O. The molecule has 41 heavy (non-hydrogen) atoms. The molecule has 8 nitrogen and oxygen atoms in total. The highest BCUT2D eigenvalue weighted by atomic mass is 79.9. The Labute approximate surface area is 249 Å². The van der Waals surface area contributed by atoms with Gasteiger partial charge in [0.05, 0.1) is 41.0 Å². The van der Waals surface area contributed by atoms with Gasteiger partial charge in [-0.3, -0.25) is 24.1 Å². The molecule has 4 amide bonds. The number of hydrogen-bond acceptors (Lipinski definition) is 6. The number of benzene rings is 2. The molecule has 214 valence electrons. The minimum Gasteiger partial charge on any atom is -0.504 e. The Morgan fingerprint density at radius 2 is 1.85 bits per heavy atom. The number of imide groups is 2. The first kappa shape index (κ1) is 27.9. The molecule has 6 rings (SSSR count). The molecule has 0 spiro atoms. The van der Waals surface area contributed by atoms with Crippen LogP contribution in [-0.4, -0.2) is 47.3 Å². The number of phenolic OH excluding ortho intramolecular Hbond substituents is 1. The summed E-state index contributed by atoms with van der Waals surface area (Å²) in [6.07, 6.45) is 2.38. The number of aromatic hydroxyl groups is 1. The maximum Gasteiger partial charge on any atom is 0.241 e. The predicted octanol–water partition coefficient (Wildman–Crippen LogP) is 5.21. The fourth-order valence-electron chi connectivity index (χ4n) is 7.58. The minimum atomic E-state index is -1.38. The number of likely N-dealkylation sites (tertiary alicyclic amines) is 1. The number of methoxy groups -OCH3 is 1. The third kappa shape index (κ3) is 3.75. The van der Waals surface area contributed by atoms with Crippen molar-refractivity contribution >= 4 is 56.8 Å². The standard InChI is InChI=1S/C30H27BrClFN2O6/c1-4-34-26(37)16-7-6-15-17(23(16)28(34)39)12-19-27(38)35(14-5-8-21(33)20(32)11-14)29(40)30(19,2)24(15)18-9-13(31)10-22(41-3)25(18)36/h5-6,8-11,16-17,19,23-24,36H,4,7,12H2,1-3H3. The molecular formula is C30H27BrClFN2O6. The van der Waals surface area contributed by atoms with Gasteiger partial charge in [0.25, 0.3) is 0 Å². The number of carbonyl (C=O) groups is 4. The number of amides is 4. The van der Waals surface area contributed by atoms with Gasteiger partial charge >= 0.3 is 0 Å². The first-order valence-corrected chi connectivity index (χ1v) is 14.6. The van der Waals surface area contributed by atoms with Crippen LogP contribution >= 0.6 is 27.5 Å². The van der Waals surface area contributed by atoms with Crippen molar-refractivity contribution in [3.05, 3.63) is 62.9 Å². The van der Waals surface area contributed by atoms with Gasteiger partial charge in [-0.2, -0.15) is 0 Å². The molecule has 2 heterocycles. The fraction of sp³-hybridized carbons (Fsp3) is 0.400. The lowest BCUT2D eigenvalue weighted by atomic mass is 9.51. The molecule has 4 aliphatic rings. The first-order valence-electron chi connectivity index (χ1n) is 13.4. The summed E-state index contributed by atoms with van der Waals surface area (Å²) in [6, 6.07) is 6.95. The summed E-state index contributed by atoms with van der Waals surface area (Å²) in [5.41, 5.74) is -0.148. The van der Waals surface area contributed by atoms with Crippen LogP contribution in [0.25, 0.3) is 0 Å². The second-order valence-corrected chi connectivity index (χ2v) is 12.5. The molecule has 6 atom stereocenters. The summed E-state index contributed by atoms with van der Waals surface area (Å²) in [5.74, 6) is -5.69. The van der Waals surface area contributed by atoms with E-state index in [2.05, 4.69) is 15.9 Å². The molecule has 1 N–H and O–H groups in total. The Kier molecular flexibility index (Phi) is 6.57. The molecule has 3 fully saturated rings. The van der Waals surface area contributed by atoms with E-state index >= 15 is 0 Å². The monoisotopic (exact) mass is 644 g/mol. The zero-order chi connectivity index (χ0) is 29.5. The highest BCUT2D eigenvalue weighted by Crippen LogP contribution is 2.65. The Morgan fingerprint density at radius 3 is 2.51 bits per heavy atom. The maximum atomic E-state index is 14.4. The van der Waals surface area contributed by atoms with E-state index in [0.29, 0.717) is 16.5 Å². The third-order valence-electron chi connectivity index (χ3n) is 9.44. The van der Waals surface area contributed by atoms with Crippen molar-refractivity contribution < 1.29 is 33.4 Å². The van der Waals surface area contributed by atoms with Crippen LogP contribution in [-0.2, 0) is 19.2 Å². The second kappa shape index (κ2) is 9.66. The number of nitrogens with zero attached hydrogens (tertiary/aromatic N) is 2. The molecule has 6 unspecified atom stereocenters. The van der Waals surface area contributed by atoms with Crippen molar-refractivity contribution in [3.8, 4) is 11.5 Å². The van der Waals surface area contributed by atoms with Crippen LogP contribution in [0.2, 0.25) is 5.02 Å². The van der Waals surface area contributed by atoms with Gasteiger partial charge in [0.2, 0.25) is 23.6 Å². The molecule has 11 heteroatoms. The Hall–Kier alpha value is -3.24. The molecule has 0 aromatic heterocycles. The maximum absolute atomic E-state index is 14.4. The van der Waals surface area contributed by atoms with Crippen LogP contribution in [0, 0.1) is 34.9 Å². The summed E-state index contributed by atoms with van der Waals surface area (Å²) in [4.78, 5) is 57.5. The Morgan fingerprint density at radius 1 is 1.12 bits per heavy atom. The molecule has 2 aromatic rings. The van der Waals surface area contributed by atoms with Crippen LogP contribution < -0.4 is 9.64 Å². The lowest BCUT2D eigenvalue weighted by molar-refractivity contribution is -0.140. The van der Waals surface area contributed by atoms with E-state index in [9.17, 15) is 28.7 Å². The van der Waals surface area contributed by atoms with Gasteiger partial charge < -0.3 is 9.84 Å². The number of phenols is 1. The van der Waals surface area contributed by atoms with Crippen molar-refractivity contribution in [1.82, 2.24) is 4.90 Å². The van der Waals surface area contributed by atoms with E-state index in [1.54, 1.807) is 26.0 Å². The van der Waals surface area contributed by atoms with Gasteiger partial charge in [0, 0.05) is 22.5 Å². The van der Waals surface area contributed by atoms with E-state index in [0.717, 1.165) is 16.5 Å². The Bertz CT molecular complexity index is 1580. The van der Waals surface area contributed by atoms with E-state index in [-0.39, 0.29) is 47.0 Å². The molecule has 2 saturated heterocycles. The number of hydrogen-bond donors (Lipinski definition) is 1. The van der Waals surface area contributed by atoms with Gasteiger partial charge in [0.15, 0.2) is 11.5 Å². The third-order valence-corrected chi connectivity index (χ3v) is 10.2. The van der Waals surface area contributed by atoms with E-state index in [1.165, 1.54) is 24.1 Å². The minimum absolute atomic E-state index is 0.135. The average Bonchev–Trinajstić information content (AvgIpc) is 3.30. The second-order valence-electron chi connectivity index (χ2n) is 11.2. The molecule has 0 radical (unpaired) electrons. The number of fused-ring (bicyclic) bond motifs is 4. The topological polar surface area (TPSA) is 104 Å². The molecule has 0 bridgehead atoms. The zero-order valence-corrected chi connectivity index (χ0v) is 24.8. The summed E-state index contributed by atoms with van der Waals surface area (Å²) in [7, 11) is 1.41. The van der Waals surface area contributed by atoms with Crippen molar-refractivity contribution in [3.63, 3.8) is 0 Å². The number of anilines is 1. The number of ether oxygens (including phenoxy) is 1. The van der Waals surface area contributed by atoms with E-state index in [4.69, 9.17) is 16.3 Å². The smallest absolute Gasteiger partial charge is 0.241 e. The van der Waals surface area contributed by atoms with Crippen LogP contribution in [0.15, 0.2) is 46.5 Å². The normalized spacial score (nSPS) is 30.8.